The Morgan fingerprint density at radius 3 is 2.48 bits per heavy atom. The molecular weight excluding hydrogens is 312 g/mol. The summed E-state index contributed by atoms with van der Waals surface area (Å²) in [6.07, 6.45) is 0. The maximum Gasteiger partial charge on any atom is 0.249 e. The summed E-state index contributed by atoms with van der Waals surface area (Å²) >= 11 is 6.17. The molecule has 6 heteroatoms. The van der Waals surface area contributed by atoms with Crippen LogP contribution in [-0.2, 0) is 6.54 Å². The lowest BCUT2D eigenvalue weighted by atomic mass is 10.2. The molecule has 5 nitrogen and oxygen atoms in total. The van der Waals surface area contributed by atoms with Crippen molar-refractivity contribution in [2.24, 2.45) is 5.92 Å². The lowest BCUT2D eigenvalue weighted by Gasteiger charge is -2.34. The van der Waals surface area contributed by atoms with Gasteiger partial charge in [-0.2, -0.15) is 0 Å². The van der Waals surface area contributed by atoms with Crippen molar-refractivity contribution >= 4 is 11.6 Å². The molecule has 0 N–H and O–H groups in total. The molecular formula is C17H23ClN4O. The Kier molecular flexibility index (Phi) is 5.30. The highest BCUT2D eigenvalue weighted by Crippen LogP contribution is 2.26. The van der Waals surface area contributed by atoms with Gasteiger partial charge < -0.3 is 9.32 Å². The highest BCUT2D eigenvalue weighted by molar-refractivity contribution is 6.33. The first-order valence-corrected chi connectivity index (χ1v) is 8.51. The minimum Gasteiger partial charge on any atom is -0.419 e. The summed E-state index contributed by atoms with van der Waals surface area (Å²) in [7, 11) is 0. The molecule has 0 amide bonds. The first kappa shape index (κ1) is 16.4. The number of halogens is 1. The van der Waals surface area contributed by atoms with Gasteiger partial charge in [-0.05, 0) is 18.1 Å². The van der Waals surface area contributed by atoms with Gasteiger partial charge in [0, 0.05) is 32.7 Å². The Morgan fingerprint density at radius 2 is 1.78 bits per heavy atom. The molecule has 2 aromatic rings. The van der Waals surface area contributed by atoms with Crippen LogP contribution in [0.3, 0.4) is 0 Å². The molecule has 3 rings (SSSR count). The Labute approximate surface area is 142 Å². The molecule has 0 aliphatic carbocycles. The molecule has 0 atom stereocenters. The van der Waals surface area contributed by atoms with Gasteiger partial charge in [-0.3, -0.25) is 4.90 Å². The molecule has 0 bridgehead atoms. The smallest absolute Gasteiger partial charge is 0.249 e. The maximum absolute atomic E-state index is 6.17. The summed E-state index contributed by atoms with van der Waals surface area (Å²) in [6, 6.07) is 7.53. The van der Waals surface area contributed by atoms with Crippen molar-refractivity contribution in [3.63, 3.8) is 0 Å². The Hall–Kier alpha value is -1.43. The van der Waals surface area contributed by atoms with E-state index in [4.69, 9.17) is 16.0 Å². The van der Waals surface area contributed by atoms with Crippen LogP contribution in [0, 0.1) is 5.92 Å². The van der Waals surface area contributed by atoms with Gasteiger partial charge in [0.05, 0.1) is 17.1 Å². The predicted octanol–water partition coefficient (Wildman–Crippen LogP) is 3.16. The van der Waals surface area contributed by atoms with E-state index in [1.54, 1.807) is 0 Å². The minimum absolute atomic E-state index is 0.490. The predicted molar refractivity (Wildman–Crippen MR) is 91.3 cm³/mol. The van der Waals surface area contributed by atoms with Crippen molar-refractivity contribution in [2.75, 3.05) is 32.7 Å². The van der Waals surface area contributed by atoms with Crippen molar-refractivity contribution < 1.29 is 4.42 Å². The third kappa shape index (κ3) is 4.31. The second-order valence-electron chi connectivity index (χ2n) is 6.45. The van der Waals surface area contributed by atoms with E-state index in [9.17, 15) is 0 Å². The average Bonchev–Trinajstić information content (AvgIpc) is 2.97. The van der Waals surface area contributed by atoms with Crippen LogP contribution >= 0.6 is 11.6 Å². The van der Waals surface area contributed by atoms with E-state index in [1.165, 1.54) is 6.54 Å². The molecule has 0 radical (unpaired) electrons. The van der Waals surface area contributed by atoms with Crippen LogP contribution in [0.5, 0.6) is 0 Å². The van der Waals surface area contributed by atoms with Crippen molar-refractivity contribution in [1.29, 1.82) is 0 Å². The molecule has 2 heterocycles. The van der Waals surface area contributed by atoms with Gasteiger partial charge in [0.1, 0.15) is 0 Å². The highest BCUT2D eigenvalue weighted by Gasteiger charge is 2.20. The summed E-state index contributed by atoms with van der Waals surface area (Å²) in [4.78, 5) is 4.88. The van der Waals surface area contributed by atoms with Crippen molar-refractivity contribution in [2.45, 2.75) is 20.4 Å². The monoisotopic (exact) mass is 334 g/mol. The van der Waals surface area contributed by atoms with E-state index in [0.29, 0.717) is 23.3 Å². The van der Waals surface area contributed by atoms with E-state index >= 15 is 0 Å². The second kappa shape index (κ2) is 7.43. The van der Waals surface area contributed by atoms with E-state index in [-0.39, 0.29) is 0 Å². The number of nitrogens with zero attached hydrogens (tertiary/aromatic N) is 4. The topological polar surface area (TPSA) is 45.4 Å². The third-order valence-corrected chi connectivity index (χ3v) is 4.35. The van der Waals surface area contributed by atoms with Crippen molar-refractivity contribution in [3.05, 3.63) is 35.2 Å². The maximum atomic E-state index is 6.17. The Balaban J connectivity index is 1.57. The van der Waals surface area contributed by atoms with Gasteiger partial charge in [-0.15, -0.1) is 10.2 Å². The molecule has 0 saturated carbocycles. The van der Waals surface area contributed by atoms with Crippen molar-refractivity contribution in [3.8, 4) is 11.5 Å². The molecule has 1 aliphatic rings. The van der Waals surface area contributed by atoms with Crippen LogP contribution in [0.15, 0.2) is 28.7 Å². The quantitative estimate of drug-likeness (QED) is 0.840. The van der Waals surface area contributed by atoms with Gasteiger partial charge in [-0.1, -0.05) is 37.6 Å². The number of aromatic nitrogens is 2. The number of piperazine rings is 1. The minimum atomic E-state index is 0.490. The zero-order valence-corrected chi connectivity index (χ0v) is 14.5. The van der Waals surface area contributed by atoms with Gasteiger partial charge in [0.2, 0.25) is 11.8 Å². The summed E-state index contributed by atoms with van der Waals surface area (Å²) in [5.74, 6) is 1.86. The van der Waals surface area contributed by atoms with Gasteiger partial charge in [0.15, 0.2) is 0 Å². The fourth-order valence-corrected chi connectivity index (χ4v) is 3.12. The van der Waals surface area contributed by atoms with Gasteiger partial charge >= 0.3 is 0 Å². The molecule has 1 fully saturated rings. The van der Waals surface area contributed by atoms with Crippen LogP contribution < -0.4 is 0 Å². The number of rotatable bonds is 5. The summed E-state index contributed by atoms with van der Waals surface area (Å²) in [6.45, 7) is 10.7. The molecule has 1 aromatic heterocycles. The Bertz CT molecular complexity index is 635. The molecule has 0 spiro atoms. The van der Waals surface area contributed by atoms with E-state index in [0.717, 1.165) is 37.7 Å². The molecule has 1 saturated heterocycles. The Morgan fingerprint density at radius 1 is 1.09 bits per heavy atom. The summed E-state index contributed by atoms with van der Waals surface area (Å²) < 4.78 is 5.78. The van der Waals surface area contributed by atoms with Gasteiger partial charge in [0.25, 0.3) is 0 Å². The SMILES string of the molecule is CC(C)CN1CCN(Cc2nnc(-c3ccccc3Cl)o2)CC1. The first-order valence-electron chi connectivity index (χ1n) is 8.14. The fraction of sp³-hybridized carbons (Fsp3) is 0.529. The second-order valence-corrected chi connectivity index (χ2v) is 6.86. The van der Waals surface area contributed by atoms with E-state index in [1.807, 2.05) is 24.3 Å². The molecule has 1 aromatic carbocycles. The van der Waals surface area contributed by atoms with Crippen LogP contribution in [0.25, 0.3) is 11.5 Å². The number of benzene rings is 1. The van der Waals surface area contributed by atoms with Crippen LogP contribution in [0.2, 0.25) is 5.02 Å². The van der Waals surface area contributed by atoms with Crippen LogP contribution in [0.1, 0.15) is 19.7 Å². The zero-order valence-electron chi connectivity index (χ0n) is 13.7. The van der Waals surface area contributed by atoms with Crippen molar-refractivity contribution in [1.82, 2.24) is 20.0 Å². The van der Waals surface area contributed by atoms with Gasteiger partial charge in [-0.25, -0.2) is 0 Å². The standard InChI is InChI=1S/C17H23ClN4O/c1-13(2)11-21-7-9-22(10-8-21)12-16-19-20-17(23-16)14-5-3-4-6-15(14)18/h3-6,13H,7-12H2,1-2H3. The molecule has 1 aliphatic heterocycles. The normalized spacial score (nSPS) is 17.0. The molecule has 124 valence electrons. The molecule has 0 unspecified atom stereocenters. The molecule has 23 heavy (non-hydrogen) atoms. The summed E-state index contributed by atoms with van der Waals surface area (Å²) in [5, 5.41) is 8.92. The number of hydrogen-bond acceptors (Lipinski definition) is 5. The fourth-order valence-electron chi connectivity index (χ4n) is 2.90. The lowest BCUT2D eigenvalue weighted by molar-refractivity contribution is 0.110. The largest absolute Gasteiger partial charge is 0.419 e. The van der Waals surface area contributed by atoms with E-state index < -0.39 is 0 Å². The average molecular weight is 335 g/mol. The highest BCUT2D eigenvalue weighted by atomic mass is 35.5. The van der Waals surface area contributed by atoms with E-state index in [2.05, 4.69) is 33.8 Å². The summed E-state index contributed by atoms with van der Waals surface area (Å²) in [5.41, 5.74) is 0.787. The first-order chi connectivity index (χ1) is 11.1. The van der Waals surface area contributed by atoms with Crippen LogP contribution in [-0.4, -0.2) is 52.7 Å². The van der Waals surface area contributed by atoms with Crippen LogP contribution in [0.4, 0.5) is 0 Å². The number of hydrogen-bond donors (Lipinski definition) is 0. The third-order valence-electron chi connectivity index (χ3n) is 4.02. The zero-order chi connectivity index (χ0) is 16.2. The lowest BCUT2D eigenvalue weighted by Crippen LogP contribution is -2.46.